The molecule has 1 aliphatic carbocycles. The number of carbonyl (C=O) groups excluding carboxylic acids is 1. The van der Waals surface area contributed by atoms with Gasteiger partial charge in [-0.3, -0.25) is 0 Å². The third kappa shape index (κ3) is 3.96. The van der Waals surface area contributed by atoms with Crippen molar-refractivity contribution in [1.82, 2.24) is 4.98 Å². The Morgan fingerprint density at radius 2 is 1.88 bits per heavy atom. The van der Waals surface area contributed by atoms with Crippen molar-refractivity contribution in [2.45, 2.75) is 46.6 Å². The molecule has 0 radical (unpaired) electrons. The number of carbonyl (C=O) groups is 1. The van der Waals surface area contributed by atoms with Gasteiger partial charge in [0.25, 0.3) is 0 Å². The van der Waals surface area contributed by atoms with Crippen molar-refractivity contribution >= 4 is 38.3 Å². The monoisotopic (exact) mass is 453 g/mol. The molecule has 2 heterocycles. The summed E-state index contributed by atoms with van der Waals surface area (Å²) in [6, 6.07) is 13.7. The van der Waals surface area contributed by atoms with Crippen LogP contribution in [0.25, 0.3) is 31.6 Å². The standard InChI is InChI=1S/C26H25NO3S.Na/c1-14-9-10-20(30-16-12-26(3,4)13-16)22-18(25(28)29)11-19(27-23(14)22)24-15(2)17-7-5-6-8-21(17)31-24;/h5-11,16H,12-13H2,1-4H3,(H,28,29);/q;+1/p-1. The van der Waals surface area contributed by atoms with Gasteiger partial charge in [0.05, 0.1) is 33.5 Å². The molecule has 5 rings (SSSR count). The SMILES string of the molecule is Cc1c(-c2cc(C(=O)[O-])c3c(OC4CC(C)(C)C4)ccc(C)c3n2)sc2ccccc12.[Na+]. The Morgan fingerprint density at radius 1 is 1.16 bits per heavy atom. The van der Waals surface area contributed by atoms with Gasteiger partial charge in [0.15, 0.2) is 0 Å². The number of benzene rings is 2. The molecule has 0 amide bonds. The molecule has 158 valence electrons. The Hall–Kier alpha value is -1.92. The Bertz CT molecular complexity index is 1350. The van der Waals surface area contributed by atoms with Crippen molar-refractivity contribution in [2.24, 2.45) is 5.41 Å². The number of nitrogens with zero attached hydrogens (tertiary/aromatic N) is 1. The smallest absolute Gasteiger partial charge is 0.545 e. The van der Waals surface area contributed by atoms with Crippen LogP contribution >= 0.6 is 11.3 Å². The van der Waals surface area contributed by atoms with E-state index in [-0.39, 0.29) is 46.6 Å². The predicted octanol–water partition coefficient (Wildman–Crippen LogP) is 2.67. The molecule has 0 bridgehead atoms. The zero-order valence-corrected chi connectivity index (χ0v) is 21.9. The maximum Gasteiger partial charge on any atom is 1.00 e. The van der Waals surface area contributed by atoms with Crippen LogP contribution in [0, 0.1) is 19.3 Å². The van der Waals surface area contributed by atoms with Gasteiger partial charge >= 0.3 is 29.6 Å². The van der Waals surface area contributed by atoms with Crippen LogP contribution < -0.4 is 39.4 Å². The first-order valence-corrected chi connectivity index (χ1v) is 11.4. The van der Waals surface area contributed by atoms with Crippen molar-refractivity contribution in [2.75, 3.05) is 0 Å². The average molecular weight is 454 g/mol. The zero-order chi connectivity index (χ0) is 21.9. The van der Waals surface area contributed by atoms with E-state index in [2.05, 4.69) is 32.9 Å². The van der Waals surface area contributed by atoms with Crippen molar-refractivity contribution in [3.05, 3.63) is 59.2 Å². The van der Waals surface area contributed by atoms with E-state index in [4.69, 9.17) is 9.72 Å². The van der Waals surface area contributed by atoms with Gasteiger partial charge in [0.2, 0.25) is 0 Å². The number of hydrogen-bond donors (Lipinski definition) is 0. The fourth-order valence-electron chi connectivity index (χ4n) is 4.67. The van der Waals surface area contributed by atoms with Gasteiger partial charge in [-0.1, -0.05) is 38.1 Å². The van der Waals surface area contributed by atoms with Gasteiger partial charge in [0, 0.05) is 10.3 Å². The molecule has 6 heteroatoms. The summed E-state index contributed by atoms with van der Waals surface area (Å²) in [7, 11) is 0. The molecule has 1 fully saturated rings. The fraction of sp³-hybridized carbons (Fsp3) is 0.308. The van der Waals surface area contributed by atoms with Gasteiger partial charge in [-0.25, -0.2) is 4.98 Å². The second-order valence-corrected chi connectivity index (χ2v) is 10.4. The molecule has 32 heavy (non-hydrogen) atoms. The Morgan fingerprint density at radius 3 is 2.53 bits per heavy atom. The van der Waals surface area contributed by atoms with Gasteiger partial charge in [-0.05, 0) is 66.8 Å². The quantitative estimate of drug-likeness (QED) is 0.446. The fourth-order valence-corrected chi connectivity index (χ4v) is 5.84. The number of carboxylic acids is 1. The summed E-state index contributed by atoms with van der Waals surface area (Å²) in [5.74, 6) is -0.635. The van der Waals surface area contributed by atoms with E-state index in [0.717, 1.165) is 33.5 Å². The number of carboxylic acid groups (broad SMARTS) is 1. The molecule has 4 nitrogen and oxygen atoms in total. The first kappa shape index (κ1) is 23.2. The van der Waals surface area contributed by atoms with E-state index in [1.807, 2.05) is 31.2 Å². The molecule has 0 unspecified atom stereocenters. The molecule has 1 aliphatic rings. The maximum absolute atomic E-state index is 12.2. The minimum absolute atomic E-state index is 0. The van der Waals surface area contributed by atoms with Crippen LogP contribution in [0.1, 0.15) is 48.2 Å². The Labute approximate surface area is 213 Å². The molecule has 0 aliphatic heterocycles. The molecule has 2 aromatic carbocycles. The summed E-state index contributed by atoms with van der Waals surface area (Å²) in [6.07, 6.45) is 2.01. The number of thiophene rings is 1. The van der Waals surface area contributed by atoms with Crippen LogP contribution in [-0.4, -0.2) is 17.1 Å². The van der Waals surface area contributed by atoms with Gasteiger partial charge < -0.3 is 14.6 Å². The number of ether oxygens (including phenoxy) is 1. The van der Waals surface area contributed by atoms with Crippen LogP contribution in [0.15, 0.2) is 42.5 Å². The Balaban J connectivity index is 0.00000245. The van der Waals surface area contributed by atoms with Crippen molar-refractivity contribution < 1.29 is 44.2 Å². The maximum atomic E-state index is 12.2. The normalized spacial score (nSPS) is 15.4. The summed E-state index contributed by atoms with van der Waals surface area (Å²) in [6.45, 7) is 8.44. The summed E-state index contributed by atoms with van der Waals surface area (Å²) < 4.78 is 7.39. The van der Waals surface area contributed by atoms with Crippen molar-refractivity contribution in [3.8, 4) is 16.3 Å². The van der Waals surface area contributed by atoms with E-state index in [9.17, 15) is 9.90 Å². The number of fused-ring (bicyclic) bond motifs is 2. The molecule has 2 aromatic heterocycles. The van der Waals surface area contributed by atoms with Gasteiger partial charge in [-0.15, -0.1) is 11.3 Å². The summed E-state index contributed by atoms with van der Waals surface area (Å²) in [5.41, 5.74) is 3.75. The van der Waals surface area contributed by atoms with E-state index in [1.165, 1.54) is 5.39 Å². The number of rotatable bonds is 4. The van der Waals surface area contributed by atoms with E-state index in [0.29, 0.717) is 22.3 Å². The van der Waals surface area contributed by atoms with Crippen LogP contribution in [0.2, 0.25) is 0 Å². The first-order chi connectivity index (χ1) is 14.7. The first-order valence-electron chi connectivity index (χ1n) is 10.5. The number of aromatic nitrogens is 1. The largest absolute Gasteiger partial charge is 1.00 e. The average Bonchev–Trinajstić information content (AvgIpc) is 3.05. The van der Waals surface area contributed by atoms with Crippen LogP contribution in [0.3, 0.4) is 0 Å². The Kier molecular flexibility index (Phi) is 6.14. The van der Waals surface area contributed by atoms with Crippen LogP contribution in [-0.2, 0) is 0 Å². The molecule has 1 saturated carbocycles. The van der Waals surface area contributed by atoms with E-state index >= 15 is 0 Å². The molecule has 0 atom stereocenters. The minimum Gasteiger partial charge on any atom is -0.545 e. The molecule has 0 saturated heterocycles. The molecule has 0 N–H and O–H groups in total. The van der Waals surface area contributed by atoms with Gasteiger partial charge in [-0.2, -0.15) is 0 Å². The summed E-state index contributed by atoms with van der Waals surface area (Å²) in [5, 5.41) is 13.9. The predicted molar refractivity (Wildman–Crippen MR) is 124 cm³/mol. The zero-order valence-electron chi connectivity index (χ0n) is 19.1. The number of pyridine rings is 1. The topological polar surface area (TPSA) is 62.2 Å². The summed E-state index contributed by atoms with van der Waals surface area (Å²) >= 11 is 1.63. The molecule has 4 aromatic rings. The van der Waals surface area contributed by atoms with Crippen LogP contribution in [0.5, 0.6) is 5.75 Å². The molecular formula is C26H24NNaO3S. The van der Waals surface area contributed by atoms with E-state index in [1.54, 1.807) is 17.4 Å². The molecule has 0 spiro atoms. The number of aryl methyl sites for hydroxylation is 2. The van der Waals surface area contributed by atoms with Crippen molar-refractivity contribution in [1.29, 1.82) is 0 Å². The summed E-state index contributed by atoms with van der Waals surface area (Å²) in [4.78, 5) is 18.1. The second-order valence-electron chi connectivity index (χ2n) is 9.31. The third-order valence-electron chi connectivity index (χ3n) is 6.27. The minimum atomic E-state index is -1.21. The second kappa shape index (κ2) is 8.45. The van der Waals surface area contributed by atoms with Gasteiger partial charge in [0.1, 0.15) is 5.75 Å². The number of aromatic carboxylic acids is 1. The molecular weight excluding hydrogens is 429 g/mol. The number of hydrogen-bond acceptors (Lipinski definition) is 5. The third-order valence-corrected chi connectivity index (χ3v) is 7.57. The van der Waals surface area contributed by atoms with Crippen molar-refractivity contribution in [3.63, 3.8) is 0 Å². The van der Waals surface area contributed by atoms with Crippen LogP contribution in [0.4, 0.5) is 0 Å². The van der Waals surface area contributed by atoms with E-state index < -0.39 is 5.97 Å².